The maximum absolute atomic E-state index is 8.82. The molecule has 0 aliphatic rings. The Morgan fingerprint density at radius 2 is 2.00 bits per heavy atom. The van der Waals surface area contributed by atoms with E-state index in [0.717, 1.165) is 19.6 Å². The third kappa shape index (κ3) is 2.43. The number of hydrogen-bond acceptors (Lipinski definition) is 2. The highest BCUT2D eigenvalue weighted by Crippen LogP contribution is 2.14. The van der Waals surface area contributed by atoms with E-state index in [2.05, 4.69) is 46.0 Å². The summed E-state index contributed by atoms with van der Waals surface area (Å²) in [6.07, 6.45) is 2.12. The third-order valence-corrected chi connectivity index (χ3v) is 2.88. The lowest BCUT2D eigenvalue weighted by Crippen LogP contribution is -2.25. The van der Waals surface area contributed by atoms with Crippen molar-refractivity contribution in [3.8, 4) is 0 Å². The second-order valence-corrected chi connectivity index (χ2v) is 4.09. The molecule has 0 spiro atoms. The van der Waals surface area contributed by atoms with Crippen molar-refractivity contribution in [3.05, 3.63) is 36.5 Å². The largest absolute Gasteiger partial charge is 0.395 e. The van der Waals surface area contributed by atoms with Gasteiger partial charge in [0.15, 0.2) is 0 Å². The molecule has 0 bridgehead atoms. The van der Waals surface area contributed by atoms with Gasteiger partial charge < -0.3 is 14.6 Å². The first-order chi connectivity index (χ1) is 7.81. The van der Waals surface area contributed by atoms with E-state index < -0.39 is 0 Å². The van der Waals surface area contributed by atoms with Gasteiger partial charge in [0.25, 0.3) is 0 Å². The molecule has 2 aromatic rings. The van der Waals surface area contributed by atoms with E-state index in [1.807, 2.05) is 7.05 Å². The third-order valence-electron chi connectivity index (χ3n) is 2.88. The fraction of sp³-hybridized carbons (Fsp3) is 0.385. The van der Waals surface area contributed by atoms with Gasteiger partial charge in [-0.1, -0.05) is 18.2 Å². The summed E-state index contributed by atoms with van der Waals surface area (Å²) in [4.78, 5) is 2.13. The van der Waals surface area contributed by atoms with Crippen molar-refractivity contribution in [2.45, 2.75) is 6.54 Å². The average Bonchev–Trinajstić information content (AvgIpc) is 2.70. The molecule has 1 N–H and O–H groups in total. The topological polar surface area (TPSA) is 28.4 Å². The zero-order valence-electron chi connectivity index (χ0n) is 9.63. The Labute approximate surface area is 95.9 Å². The predicted molar refractivity (Wildman–Crippen MR) is 66.5 cm³/mol. The van der Waals surface area contributed by atoms with Crippen LogP contribution in [0.2, 0.25) is 0 Å². The lowest BCUT2D eigenvalue weighted by Gasteiger charge is -2.15. The number of aliphatic hydroxyl groups is 1. The molecule has 2 rings (SSSR count). The minimum Gasteiger partial charge on any atom is -0.395 e. The molecule has 86 valence electrons. The summed E-state index contributed by atoms with van der Waals surface area (Å²) >= 11 is 0. The molecule has 0 aliphatic carbocycles. The summed E-state index contributed by atoms with van der Waals surface area (Å²) in [5.41, 5.74) is 1.28. The van der Waals surface area contributed by atoms with Crippen molar-refractivity contribution in [1.29, 1.82) is 0 Å². The number of aliphatic hydroxyl groups excluding tert-OH is 1. The molecule has 0 fully saturated rings. The first-order valence-electron chi connectivity index (χ1n) is 5.64. The first-order valence-corrected chi connectivity index (χ1v) is 5.64. The molecule has 0 amide bonds. The SMILES string of the molecule is CN(CCO)CCn1ccc2ccccc21. The fourth-order valence-electron chi connectivity index (χ4n) is 1.90. The van der Waals surface area contributed by atoms with Gasteiger partial charge in [0.1, 0.15) is 0 Å². The van der Waals surface area contributed by atoms with E-state index in [0.29, 0.717) is 0 Å². The Hall–Kier alpha value is -1.32. The standard InChI is InChI=1S/C13H18N2O/c1-14(10-11-16)8-9-15-7-6-12-4-2-3-5-13(12)15/h2-7,16H,8-11H2,1H3. The molecule has 3 heteroatoms. The number of para-hydroxylation sites is 1. The van der Waals surface area contributed by atoms with Crippen LogP contribution < -0.4 is 0 Å². The Balaban J connectivity index is 2.04. The van der Waals surface area contributed by atoms with Crippen LogP contribution in [0.1, 0.15) is 0 Å². The summed E-state index contributed by atoms with van der Waals surface area (Å²) < 4.78 is 2.25. The second-order valence-electron chi connectivity index (χ2n) is 4.09. The van der Waals surface area contributed by atoms with Gasteiger partial charge in [-0.25, -0.2) is 0 Å². The van der Waals surface area contributed by atoms with Crippen molar-refractivity contribution in [3.63, 3.8) is 0 Å². The van der Waals surface area contributed by atoms with Gasteiger partial charge in [0.05, 0.1) is 6.61 Å². The van der Waals surface area contributed by atoms with Crippen molar-refractivity contribution < 1.29 is 5.11 Å². The highest BCUT2D eigenvalue weighted by atomic mass is 16.3. The van der Waals surface area contributed by atoms with E-state index in [9.17, 15) is 0 Å². The van der Waals surface area contributed by atoms with Crippen LogP contribution in [0.25, 0.3) is 10.9 Å². The van der Waals surface area contributed by atoms with E-state index in [4.69, 9.17) is 5.11 Å². The molecule has 0 saturated heterocycles. The van der Waals surface area contributed by atoms with Crippen molar-refractivity contribution in [2.24, 2.45) is 0 Å². The molecule has 0 aliphatic heterocycles. The predicted octanol–water partition coefficient (Wildman–Crippen LogP) is 1.57. The second kappa shape index (κ2) is 5.14. The van der Waals surface area contributed by atoms with Gasteiger partial charge >= 0.3 is 0 Å². The van der Waals surface area contributed by atoms with Gasteiger partial charge in [-0.3, -0.25) is 0 Å². The number of fused-ring (bicyclic) bond motifs is 1. The lowest BCUT2D eigenvalue weighted by molar-refractivity contribution is 0.218. The zero-order valence-corrected chi connectivity index (χ0v) is 9.63. The molecule has 3 nitrogen and oxygen atoms in total. The number of benzene rings is 1. The number of likely N-dealkylation sites (N-methyl/N-ethyl adjacent to an activating group) is 1. The molecule has 1 aromatic carbocycles. The monoisotopic (exact) mass is 218 g/mol. The van der Waals surface area contributed by atoms with Gasteiger partial charge in [-0.05, 0) is 24.6 Å². The summed E-state index contributed by atoms with van der Waals surface area (Å²) in [6.45, 7) is 2.88. The Bertz CT molecular complexity index is 450. The molecule has 0 unspecified atom stereocenters. The first kappa shape index (κ1) is 11.2. The van der Waals surface area contributed by atoms with Crippen molar-refractivity contribution >= 4 is 10.9 Å². The van der Waals surface area contributed by atoms with E-state index in [1.165, 1.54) is 10.9 Å². The minimum absolute atomic E-state index is 0.225. The smallest absolute Gasteiger partial charge is 0.0558 e. The highest BCUT2D eigenvalue weighted by Gasteiger charge is 2.01. The Morgan fingerprint density at radius 1 is 1.19 bits per heavy atom. The molecule has 0 radical (unpaired) electrons. The van der Waals surface area contributed by atoms with Crippen LogP contribution in [-0.4, -0.2) is 41.3 Å². The van der Waals surface area contributed by atoms with Crippen LogP contribution in [0.15, 0.2) is 36.5 Å². The van der Waals surface area contributed by atoms with Crippen LogP contribution in [0, 0.1) is 0 Å². The van der Waals surface area contributed by atoms with Crippen LogP contribution in [0.3, 0.4) is 0 Å². The fourth-order valence-corrected chi connectivity index (χ4v) is 1.90. The van der Waals surface area contributed by atoms with Gasteiger partial charge in [-0.2, -0.15) is 0 Å². The molecular formula is C13H18N2O. The average molecular weight is 218 g/mol. The maximum atomic E-state index is 8.82. The molecular weight excluding hydrogens is 200 g/mol. The maximum Gasteiger partial charge on any atom is 0.0558 e. The van der Waals surface area contributed by atoms with Crippen molar-refractivity contribution in [1.82, 2.24) is 9.47 Å². The highest BCUT2D eigenvalue weighted by molar-refractivity contribution is 5.79. The summed E-state index contributed by atoms with van der Waals surface area (Å²) in [7, 11) is 2.03. The molecule has 16 heavy (non-hydrogen) atoms. The number of nitrogens with zero attached hydrogens (tertiary/aromatic N) is 2. The van der Waals surface area contributed by atoms with Gasteiger partial charge in [0, 0.05) is 31.3 Å². The van der Waals surface area contributed by atoms with E-state index in [1.54, 1.807) is 0 Å². The number of rotatable bonds is 5. The van der Waals surface area contributed by atoms with Gasteiger partial charge in [-0.15, -0.1) is 0 Å². The summed E-state index contributed by atoms with van der Waals surface area (Å²) in [5.74, 6) is 0. The van der Waals surface area contributed by atoms with Crippen LogP contribution in [-0.2, 0) is 6.54 Å². The normalized spacial score (nSPS) is 11.4. The molecule has 0 atom stereocenters. The van der Waals surface area contributed by atoms with Crippen LogP contribution in [0.5, 0.6) is 0 Å². The Morgan fingerprint density at radius 3 is 2.81 bits per heavy atom. The molecule has 1 aromatic heterocycles. The van der Waals surface area contributed by atoms with E-state index >= 15 is 0 Å². The van der Waals surface area contributed by atoms with E-state index in [-0.39, 0.29) is 6.61 Å². The molecule has 1 heterocycles. The zero-order chi connectivity index (χ0) is 11.4. The number of aromatic nitrogens is 1. The van der Waals surface area contributed by atoms with Gasteiger partial charge in [0.2, 0.25) is 0 Å². The van der Waals surface area contributed by atoms with Crippen molar-refractivity contribution in [2.75, 3.05) is 26.7 Å². The van der Waals surface area contributed by atoms with Crippen LogP contribution >= 0.6 is 0 Å². The summed E-state index contributed by atoms with van der Waals surface area (Å²) in [6, 6.07) is 10.5. The summed E-state index contributed by atoms with van der Waals surface area (Å²) in [5, 5.41) is 10.1. The minimum atomic E-state index is 0.225. The number of hydrogen-bond donors (Lipinski definition) is 1. The molecule has 0 saturated carbocycles. The Kier molecular flexibility index (Phi) is 3.59. The quantitative estimate of drug-likeness (QED) is 0.825. The lowest BCUT2D eigenvalue weighted by atomic mass is 10.2. The van der Waals surface area contributed by atoms with Crippen LogP contribution in [0.4, 0.5) is 0 Å².